The van der Waals surface area contributed by atoms with Crippen LogP contribution in [0.2, 0.25) is 0 Å². The Morgan fingerprint density at radius 1 is 1.03 bits per heavy atom. The largest absolute Gasteiger partial charge is 0.616 e. The second kappa shape index (κ2) is 10.6. The molecule has 0 bridgehead atoms. The van der Waals surface area contributed by atoms with Gasteiger partial charge in [-0.25, -0.2) is 4.39 Å². The molecule has 2 amide bonds. The fourth-order valence-electron chi connectivity index (χ4n) is 3.95. The number of amides is 2. The lowest BCUT2D eigenvalue weighted by molar-refractivity contribution is -0.348. The van der Waals surface area contributed by atoms with E-state index in [1.165, 1.54) is 38.3 Å². The van der Waals surface area contributed by atoms with Crippen molar-refractivity contribution in [1.82, 2.24) is 0 Å². The Labute approximate surface area is 224 Å². The first-order valence-corrected chi connectivity index (χ1v) is 13.1. The van der Waals surface area contributed by atoms with Crippen molar-refractivity contribution in [1.29, 1.82) is 0 Å². The third kappa shape index (κ3) is 6.00. The monoisotopic (exact) mass is 666 g/mol. The molecule has 37 heavy (non-hydrogen) atoms. The number of carbonyl (C=O) groups is 2. The van der Waals surface area contributed by atoms with Crippen molar-refractivity contribution in [2.45, 2.75) is 44.3 Å². The number of alkyl halides is 7. The maximum atomic E-state index is 14.6. The highest BCUT2D eigenvalue weighted by Gasteiger charge is 2.73. The van der Waals surface area contributed by atoms with Gasteiger partial charge < -0.3 is 10.3 Å². The highest BCUT2D eigenvalue weighted by Crippen LogP contribution is 2.53. The zero-order valence-electron chi connectivity index (χ0n) is 19.9. The van der Waals surface area contributed by atoms with Crippen LogP contribution >= 0.6 is 22.6 Å². The summed E-state index contributed by atoms with van der Waals surface area (Å²) in [4.78, 5) is 26.9. The normalized spacial score (nSPS) is 13.9. The van der Waals surface area contributed by atoms with E-state index in [1.807, 2.05) is 0 Å². The molecule has 2 N–H and O–H groups in total. The van der Waals surface area contributed by atoms with Crippen LogP contribution in [0.5, 0.6) is 0 Å². The van der Waals surface area contributed by atoms with Gasteiger partial charge in [-0.2, -0.15) is 26.3 Å². The van der Waals surface area contributed by atoms with E-state index in [2.05, 4.69) is 0 Å². The van der Waals surface area contributed by atoms with Crippen molar-refractivity contribution in [2.24, 2.45) is 5.73 Å². The van der Waals surface area contributed by atoms with Crippen LogP contribution in [0, 0.1) is 10.5 Å². The summed E-state index contributed by atoms with van der Waals surface area (Å²) in [5.41, 5.74) is -4.09. The van der Waals surface area contributed by atoms with Crippen LogP contribution in [0.25, 0.3) is 0 Å². The number of halogens is 8. The summed E-state index contributed by atoms with van der Waals surface area (Å²) in [7, 11) is 0. The molecule has 0 saturated carbocycles. The summed E-state index contributed by atoms with van der Waals surface area (Å²) >= 11 is 0.259. The van der Waals surface area contributed by atoms with E-state index in [9.17, 15) is 44.9 Å². The summed E-state index contributed by atoms with van der Waals surface area (Å²) < 4.78 is 107. The van der Waals surface area contributed by atoms with E-state index in [1.54, 1.807) is 22.6 Å². The summed E-state index contributed by atoms with van der Waals surface area (Å²) in [6.07, 6.45) is -11.3. The lowest BCUT2D eigenvalue weighted by Gasteiger charge is -2.39. The van der Waals surface area contributed by atoms with Crippen LogP contribution in [0.4, 0.5) is 36.4 Å². The quantitative estimate of drug-likeness (QED) is 0.231. The Balaban J connectivity index is 2.83. The molecule has 2 aromatic carbocycles. The van der Waals surface area contributed by atoms with Gasteiger partial charge in [0.1, 0.15) is 5.75 Å². The van der Waals surface area contributed by atoms with E-state index in [-0.39, 0.29) is 28.1 Å². The molecule has 0 spiro atoms. The van der Waals surface area contributed by atoms with Crippen LogP contribution in [-0.4, -0.2) is 46.3 Å². The van der Waals surface area contributed by atoms with E-state index in [4.69, 9.17) is 5.73 Å². The lowest BCUT2D eigenvalue weighted by atomic mass is 9.91. The number of rotatable bonds is 7. The predicted octanol–water partition coefficient (Wildman–Crippen LogP) is 5.79. The molecule has 1 atom stereocenters. The minimum Gasteiger partial charge on any atom is -0.616 e. The van der Waals surface area contributed by atoms with Gasteiger partial charge in [0.05, 0.1) is 22.9 Å². The second-order valence-electron chi connectivity index (χ2n) is 8.85. The summed E-state index contributed by atoms with van der Waals surface area (Å²) in [5.74, 6) is -1.99. The zero-order valence-corrected chi connectivity index (χ0v) is 22.8. The third-order valence-electron chi connectivity index (χ3n) is 5.47. The van der Waals surface area contributed by atoms with Gasteiger partial charge >= 0.3 is 18.0 Å². The number of anilines is 1. The maximum absolute atomic E-state index is 14.6. The van der Waals surface area contributed by atoms with Crippen molar-refractivity contribution in [3.63, 3.8) is 0 Å². The van der Waals surface area contributed by atoms with Crippen molar-refractivity contribution in [3.05, 3.63) is 62.2 Å². The lowest BCUT2D eigenvalue weighted by Crippen LogP contribution is -2.53. The summed E-state index contributed by atoms with van der Waals surface area (Å²) in [5, 5.41) is 0. The van der Waals surface area contributed by atoms with E-state index < -0.39 is 52.1 Å². The number of benzene rings is 2. The number of hydrogen-bond donors (Lipinski definition) is 1. The molecule has 0 saturated heterocycles. The van der Waals surface area contributed by atoms with Crippen LogP contribution in [0.3, 0.4) is 0 Å². The number of aryl methyl sites for hydroxylation is 1. The average Bonchev–Trinajstić information content (AvgIpc) is 2.71. The van der Waals surface area contributed by atoms with Gasteiger partial charge in [-0.05, 0) is 67.1 Å². The number of nitrogens with zero attached hydrogens (tertiary/aromatic N) is 1. The van der Waals surface area contributed by atoms with Crippen LogP contribution < -0.4 is 10.6 Å². The number of carbonyl (C=O) groups excluding carboxylic acids is 2. The molecular formula is C23H22F7IN2O3S. The van der Waals surface area contributed by atoms with Crippen molar-refractivity contribution in [2.75, 3.05) is 16.9 Å². The topological polar surface area (TPSA) is 86.5 Å². The van der Waals surface area contributed by atoms with Gasteiger partial charge in [0.2, 0.25) is 0 Å². The van der Waals surface area contributed by atoms with E-state index >= 15 is 0 Å². The van der Waals surface area contributed by atoms with Crippen molar-refractivity contribution >= 4 is 51.3 Å². The minimum atomic E-state index is -6.32. The van der Waals surface area contributed by atoms with Gasteiger partial charge in [0, 0.05) is 14.8 Å². The number of nitrogens with two attached hydrogens (primary N) is 1. The van der Waals surface area contributed by atoms with Crippen LogP contribution in [0.1, 0.15) is 45.7 Å². The smallest absolute Gasteiger partial charge is 0.435 e. The van der Waals surface area contributed by atoms with Crippen molar-refractivity contribution in [3.8, 4) is 0 Å². The molecule has 0 aliphatic heterocycles. The first-order chi connectivity index (χ1) is 16.7. The molecular weight excluding hydrogens is 644 g/mol. The highest BCUT2D eigenvalue weighted by atomic mass is 127. The highest BCUT2D eigenvalue weighted by molar-refractivity contribution is 14.1. The van der Waals surface area contributed by atoms with Crippen molar-refractivity contribution < 1.29 is 44.9 Å². The standard InChI is InChI=1S/C23H22F7IN2O3S/c1-12-10-13(21(24,22(25,26)27)23(28,29)30)8-9-16(12)33(20(2,3)11-37(4)36)19(35)14-6-5-7-15(31)17(14)18(32)34/h5-10H,11H2,1-4H3,(H2,32,34). The number of hydrogen-bond acceptors (Lipinski definition) is 3. The predicted molar refractivity (Wildman–Crippen MR) is 134 cm³/mol. The van der Waals surface area contributed by atoms with Crippen LogP contribution in [0.15, 0.2) is 36.4 Å². The Morgan fingerprint density at radius 3 is 2.00 bits per heavy atom. The molecule has 0 fully saturated rings. The molecule has 0 radical (unpaired) electrons. The molecule has 14 heteroatoms. The van der Waals surface area contributed by atoms with E-state index in [0.717, 1.165) is 17.9 Å². The van der Waals surface area contributed by atoms with Gasteiger partial charge in [-0.1, -0.05) is 29.4 Å². The Hall–Kier alpha value is -2.07. The van der Waals surface area contributed by atoms with Gasteiger partial charge in [0.25, 0.3) is 11.8 Å². The van der Waals surface area contributed by atoms with E-state index in [0.29, 0.717) is 15.7 Å². The second-order valence-corrected chi connectivity index (χ2v) is 11.4. The fraction of sp³-hybridized carbons (Fsp3) is 0.391. The zero-order chi connectivity index (χ0) is 28.7. The summed E-state index contributed by atoms with van der Waals surface area (Å²) in [6.45, 7) is 4.06. The van der Waals surface area contributed by atoms with Gasteiger partial charge in [0.15, 0.2) is 0 Å². The molecule has 2 rings (SSSR count). The number of primary amides is 1. The molecule has 0 heterocycles. The Bertz CT molecular complexity index is 1190. The Morgan fingerprint density at radius 2 is 1.57 bits per heavy atom. The fourth-order valence-corrected chi connectivity index (χ4v) is 5.84. The molecule has 1 unspecified atom stereocenters. The van der Waals surface area contributed by atoms with Crippen LogP contribution in [-0.2, 0) is 16.8 Å². The molecule has 5 nitrogen and oxygen atoms in total. The molecule has 2 aromatic rings. The summed E-state index contributed by atoms with van der Waals surface area (Å²) in [6, 6.07) is 5.65. The molecule has 0 aliphatic rings. The molecule has 0 aromatic heterocycles. The maximum Gasteiger partial charge on any atom is 0.435 e. The minimum absolute atomic E-state index is 0.155. The molecule has 0 aliphatic carbocycles. The van der Waals surface area contributed by atoms with Gasteiger partial charge in [-0.15, -0.1) is 0 Å². The third-order valence-corrected chi connectivity index (χ3v) is 7.48. The first kappa shape index (κ1) is 31.1. The van der Waals surface area contributed by atoms with Gasteiger partial charge in [-0.3, -0.25) is 14.5 Å². The first-order valence-electron chi connectivity index (χ1n) is 10.3. The molecule has 204 valence electrons. The SMILES string of the molecule is Cc1cc(C(F)(C(F)(F)F)C(F)(F)F)ccc1N(C(=O)c1cccc(I)c1C(N)=O)C(C)(C)C[S+](C)[O-]. The average molecular weight is 666 g/mol. The Kier molecular flexibility index (Phi) is 8.92.